The van der Waals surface area contributed by atoms with E-state index in [1.807, 2.05) is 22.7 Å². The van der Waals surface area contributed by atoms with E-state index >= 15 is 0 Å². The minimum Gasteiger partial charge on any atom is -0.135 e. The van der Waals surface area contributed by atoms with Crippen LogP contribution in [0.4, 0.5) is 0 Å². The Hall–Kier alpha value is -5.02. The first kappa shape index (κ1) is 25.5. The molecule has 0 saturated heterocycles. The van der Waals surface area contributed by atoms with Crippen LogP contribution in [0.25, 0.3) is 84.9 Å². The number of hydrogen-bond donors (Lipinski definition) is 0. The highest BCUT2D eigenvalue weighted by molar-refractivity contribution is 7.26. The van der Waals surface area contributed by atoms with E-state index < -0.39 is 0 Å². The fourth-order valence-corrected chi connectivity index (χ4v) is 8.89. The highest BCUT2D eigenvalue weighted by atomic mass is 32.1. The molecule has 2 heteroatoms. The van der Waals surface area contributed by atoms with Gasteiger partial charge >= 0.3 is 0 Å². The first-order valence-corrected chi connectivity index (χ1v) is 16.6. The highest BCUT2D eigenvalue weighted by Crippen LogP contribution is 2.50. The van der Waals surface area contributed by atoms with Crippen LogP contribution in [0.15, 0.2) is 158 Å². The van der Waals surface area contributed by atoms with Crippen molar-refractivity contribution in [2.24, 2.45) is 0 Å². The van der Waals surface area contributed by atoms with Crippen LogP contribution in [-0.2, 0) is 0 Å². The molecule has 9 rings (SSSR count). The van der Waals surface area contributed by atoms with E-state index in [-0.39, 0.29) is 0 Å². The molecular formula is C42H26S2. The summed E-state index contributed by atoms with van der Waals surface area (Å²) in [5.74, 6) is 0. The zero-order chi connectivity index (χ0) is 29.0. The number of benzene rings is 7. The van der Waals surface area contributed by atoms with Gasteiger partial charge in [0.25, 0.3) is 0 Å². The first-order chi connectivity index (χ1) is 21.8. The minimum atomic E-state index is 1.23. The molecule has 0 amide bonds. The van der Waals surface area contributed by atoms with Crippen LogP contribution >= 0.6 is 22.7 Å². The van der Waals surface area contributed by atoms with E-state index in [4.69, 9.17) is 0 Å². The highest BCUT2D eigenvalue weighted by Gasteiger charge is 2.21. The average Bonchev–Trinajstić information content (AvgIpc) is 3.66. The lowest BCUT2D eigenvalue weighted by Gasteiger charge is -2.18. The Kier molecular flexibility index (Phi) is 5.97. The summed E-state index contributed by atoms with van der Waals surface area (Å²) in [5.41, 5.74) is 10.1. The molecule has 2 aromatic heterocycles. The molecule has 0 atom stereocenters. The van der Waals surface area contributed by atoms with Gasteiger partial charge in [0.1, 0.15) is 0 Å². The van der Waals surface area contributed by atoms with Crippen molar-refractivity contribution < 1.29 is 0 Å². The van der Waals surface area contributed by atoms with Crippen molar-refractivity contribution in [2.75, 3.05) is 0 Å². The lowest BCUT2D eigenvalue weighted by Crippen LogP contribution is -1.92. The second-order valence-electron chi connectivity index (χ2n) is 11.3. The van der Waals surface area contributed by atoms with Crippen LogP contribution < -0.4 is 0 Å². The van der Waals surface area contributed by atoms with Crippen LogP contribution in [0.3, 0.4) is 0 Å². The Morgan fingerprint density at radius 2 is 0.795 bits per heavy atom. The van der Waals surface area contributed by atoms with Gasteiger partial charge in [-0.3, -0.25) is 0 Å². The number of thiophene rings is 2. The normalized spacial score (nSPS) is 11.6. The third-order valence-electron chi connectivity index (χ3n) is 8.68. The van der Waals surface area contributed by atoms with Crippen LogP contribution in [0, 0.1) is 0 Å². The Morgan fingerprint density at radius 1 is 0.295 bits per heavy atom. The van der Waals surface area contributed by atoms with Crippen molar-refractivity contribution in [1.82, 2.24) is 0 Å². The summed E-state index contributed by atoms with van der Waals surface area (Å²) in [4.78, 5) is 0. The van der Waals surface area contributed by atoms with Crippen LogP contribution in [0.1, 0.15) is 0 Å². The molecule has 0 aliphatic heterocycles. The summed E-state index contributed by atoms with van der Waals surface area (Å²) in [5, 5.41) is 5.32. The molecule has 206 valence electrons. The van der Waals surface area contributed by atoms with Crippen molar-refractivity contribution in [3.8, 4) is 44.5 Å². The maximum absolute atomic E-state index is 2.42. The predicted molar refractivity (Wildman–Crippen MR) is 194 cm³/mol. The summed E-state index contributed by atoms with van der Waals surface area (Å²) in [7, 11) is 0. The van der Waals surface area contributed by atoms with Gasteiger partial charge in [-0.1, -0.05) is 121 Å². The molecule has 0 bridgehead atoms. The zero-order valence-electron chi connectivity index (χ0n) is 23.8. The van der Waals surface area contributed by atoms with Gasteiger partial charge in [0.2, 0.25) is 0 Å². The molecule has 0 nitrogen and oxygen atoms in total. The molecule has 7 aromatic carbocycles. The number of fused-ring (bicyclic) bond motifs is 6. The van der Waals surface area contributed by atoms with Gasteiger partial charge in [-0.25, -0.2) is 0 Å². The molecule has 0 fully saturated rings. The van der Waals surface area contributed by atoms with E-state index in [1.54, 1.807) is 0 Å². The van der Waals surface area contributed by atoms with E-state index in [0.717, 1.165) is 0 Å². The van der Waals surface area contributed by atoms with Crippen LogP contribution in [-0.4, -0.2) is 0 Å². The molecular weight excluding hydrogens is 569 g/mol. The van der Waals surface area contributed by atoms with Gasteiger partial charge in [0.15, 0.2) is 0 Å². The molecule has 0 spiro atoms. The Morgan fingerprint density at radius 3 is 1.48 bits per heavy atom. The fraction of sp³-hybridized carbons (Fsp3) is 0. The molecule has 2 heterocycles. The third kappa shape index (κ3) is 4.11. The Balaban J connectivity index is 1.37. The van der Waals surface area contributed by atoms with Crippen molar-refractivity contribution in [3.63, 3.8) is 0 Å². The molecule has 0 unspecified atom stereocenters. The third-order valence-corrected chi connectivity index (χ3v) is 10.9. The number of rotatable bonds is 4. The van der Waals surface area contributed by atoms with E-state index in [9.17, 15) is 0 Å². The largest absolute Gasteiger partial charge is 0.135 e. The topological polar surface area (TPSA) is 0 Å². The molecule has 44 heavy (non-hydrogen) atoms. The molecule has 0 saturated carbocycles. The second kappa shape index (κ2) is 10.3. The summed E-state index contributed by atoms with van der Waals surface area (Å²) >= 11 is 3.77. The van der Waals surface area contributed by atoms with Gasteiger partial charge in [0.05, 0.1) is 0 Å². The molecule has 0 aliphatic rings. The maximum atomic E-state index is 2.42. The van der Waals surface area contributed by atoms with Crippen LogP contribution in [0.2, 0.25) is 0 Å². The molecule has 9 aromatic rings. The summed E-state index contributed by atoms with van der Waals surface area (Å²) in [6.45, 7) is 0. The summed E-state index contributed by atoms with van der Waals surface area (Å²) in [6.07, 6.45) is 0. The monoisotopic (exact) mass is 594 g/mol. The van der Waals surface area contributed by atoms with Gasteiger partial charge in [-0.2, -0.15) is 0 Å². The predicted octanol–water partition coefficient (Wildman–Crippen LogP) is 13.1. The maximum Gasteiger partial charge on any atom is 0.0368 e. The van der Waals surface area contributed by atoms with Gasteiger partial charge < -0.3 is 0 Å². The average molecular weight is 595 g/mol. The minimum absolute atomic E-state index is 1.23. The lowest BCUT2D eigenvalue weighted by atomic mass is 9.85. The van der Waals surface area contributed by atoms with Gasteiger partial charge in [0, 0.05) is 40.3 Å². The zero-order valence-corrected chi connectivity index (χ0v) is 25.5. The SMILES string of the molecule is c1ccc(-c2cc3sc4ccc(-c5ccc6sc7ccccc7c6c5)cc4c3c(-c3ccccc3)c2-c2ccccc2)cc1. The fourth-order valence-electron chi connectivity index (χ4n) is 6.67. The van der Waals surface area contributed by atoms with Crippen molar-refractivity contribution >= 4 is 63.0 Å². The molecule has 0 N–H and O–H groups in total. The molecule has 0 aliphatic carbocycles. The Bertz CT molecular complexity index is 2470. The summed E-state index contributed by atoms with van der Waals surface area (Å²) in [6, 6.07) is 57.9. The van der Waals surface area contributed by atoms with Gasteiger partial charge in [-0.15, -0.1) is 22.7 Å². The van der Waals surface area contributed by atoms with Crippen LogP contribution in [0.5, 0.6) is 0 Å². The van der Waals surface area contributed by atoms with Crippen molar-refractivity contribution in [2.45, 2.75) is 0 Å². The van der Waals surface area contributed by atoms with E-state index in [1.165, 1.54) is 84.9 Å². The van der Waals surface area contributed by atoms with Crippen molar-refractivity contribution in [1.29, 1.82) is 0 Å². The number of hydrogen-bond acceptors (Lipinski definition) is 2. The van der Waals surface area contributed by atoms with E-state index in [2.05, 4.69) is 158 Å². The first-order valence-electron chi connectivity index (χ1n) is 14.9. The second-order valence-corrected chi connectivity index (χ2v) is 13.4. The Labute approximate surface area is 264 Å². The summed E-state index contributed by atoms with van der Waals surface area (Å²) < 4.78 is 5.31. The van der Waals surface area contributed by atoms with Gasteiger partial charge in [-0.05, 0) is 80.9 Å². The standard InChI is InChI=1S/C42H26S2/c1-4-12-27(13-5-1)33-26-39-42(41(29-16-8-3-9-17-29)40(33)28-14-6-2-7-15-28)35-25-31(21-23-38(35)44-39)30-20-22-37-34(24-30)32-18-10-11-19-36(32)43-37/h1-26H. The molecule has 0 radical (unpaired) electrons. The van der Waals surface area contributed by atoms with E-state index in [0.29, 0.717) is 0 Å². The smallest absolute Gasteiger partial charge is 0.0368 e. The van der Waals surface area contributed by atoms with Crippen molar-refractivity contribution in [3.05, 3.63) is 158 Å². The quantitative estimate of drug-likeness (QED) is 0.190. The lowest BCUT2D eigenvalue weighted by molar-refractivity contribution is 1.59.